The first-order valence-electron chi connectivity index (χ1n) is 10.9. The minimum Gasteiger partial charge on any atom is -0.492 e. The molecule has 33 heavy (non-hydrogen) atoms. The number of carbonyl (C=O) groups is 1. The number of hydrogen-bond acceptors (Lipinski definition) is 6. The molecular weight excluding hydrogens is 436 g/mol. The summed E-state index contributed by atoms with van der Waals surface area (Å²) in [6.45, 7) is 7.64. The van der Waals surface area contributed by atoms with E-state index in [2.05, 4.69) is 23.8 Å². The fourth-order valence-electron chi connectivity index (χ4n) is 3.62. The van der Waals surface area contributed by atoms with Gasteiger partial charge in [0.1, 0.15) is 12.4 Å². The van der Waals surface area contributed by atoms with Crippen molar-refractivity contribution >= 4 is 28.2 Å². The first-order chi connectivity index (χ1) is 15.7. The van der Waals surface area contributed by atoms with Crippen molar-refractivity contribution < 1.29 is 14.6 Å². The van der Waals surface area contributed by atoms with Crippen LogP contribution in [0.1, 0.15) is 40.7 Å². The molecule has 4 rings (SSSR count). The second-order valence-corrected chi connectivity index (χ2v) is 9.64. The van der Waals surface area contributed by atoms with E-state index in [-0.39, 0.29) is 11.6 Å². The Labute approximate surface area is 197 Å². The second-order valence-electron chi connectivity index (χ2n) is 8.63. The molecule has 8 heteroatoms. The molecule has 2 aromatic carbocycles. The highest BCUT2D eigenvalue weighted by atomic mass is 32.1. The molecule has 0 bridgehead atoms. The highest BCUT2D eigenvalue weighted by molar-refractivity contribution is 7.14. The number of hydrogen-bond donors (Lipinski definition) is 1. The Balaban J connectivity index is 1.78. The largest absolute Gasteiger partial charge is 0.492 e. The molecule has 4 aromatic rings. The molecule has 172 valence electrons. The Morgan fingerprint density at radius 1 is 1.21 bits per heavy atom. The molecular formula is C25H28N4O3S. The number of fused-ring (bicyclic) bond motifs is 1. The Kier molecular flexibility index (Phi) is 6.49. The van der Waals surface area contributed by atoms with E-state index in [9.17, 15) is 9.90 Å². The molecule has 0 saturated heterocycles. The van der Waals surface area contributed by atoms with Crippen LogP contribution < -0.4 is 4.74 Å². The molecule has 0 atom stereocenters. The van der Waals surface area contributed by atoms with Gasteiger partial charge in [-0.3, -0.25) is 0 Å². The van der Waals surface area contributed by atoms with Gasteiger partial charge in [0.05, 0.1) is 11.2 Å². The van der Waals surface area contributed by atoms with Gasteiger partial charge in [-0.15, -0.1) is 0 Å². The van der Waals surface area contributed by atoms with Crippen LogP contribution in [-0.4, -0.2) is 58.0 Å². The zero-order valence-electron chi connectivity index (χ0n) is 19.5. The van der Waals surface area contributed by atoms with E-state index >= 15 is 0 Å². The third-order valence-electron chi connectivity index (χ3n) is 5.30. The maximum absolute atomic E-state index is 11.8. The van der Waals surface area contributed by atoms with Gasteiger partial charge in [-0.05, 0) is 51.2 Å². The van der Waals surface area contributed by atoms with Crippen molar-refractivity contribution in [3.8, 4) is 22.1 Å². The van der Waals surface area contributed by atoms with Crippen LogP contribution in [0.5, 0.6) is 5.75 Å². The summed E-state index contributed by atoms with van der Waals surface area (Å²) in [7, 11) is 4.03. The molecule has 0 amide bonds. The van der Waals surface area contributed by atoms with Crippen molar-refractivity contribution in [2.45, 2.75) is 26.7 Å². The number of nitrogens with zero attached hydrogens (tertiary/aromatic N) is 4. The number of rotatable bonds is 8. The van der Waals surface area contributed by atoms with Crippen molar-refractivity contribution in [1.82, 2.24) is 19.7 Å². The smallest absolute Gasteiger partial charge is 0.357 e. The maximum atomic E-state index is 11.8. The number of aromatic carboxylic acids is 1. The Morgan fingerprint density at radius 2 is 2.00 bits per heavy atom. The van der Waals surface area contributed by atoms with Crippen molar-refractivity contribution in [2.75, 3.05) is 27.2 Å². The highest BCUT2D eigenvalue weighted by Crippen LogP contribution is 2.37. The summed E-state index contributed by atoms with van der Waals surface area (Å²) in [4.78, 5) is 19.9. The lowest BCUT2D eigenvalue weighted by Crippen LogP contribution is -2.19. The van der Waals surface area contributed by atoms with E-state index < -0.39 is 5.97 Å². The van der Waals surface area contributed by atoms with Crippen LogP contribution in [-0.2, 0) is 0 Å². The predicted octanol–water partition coefficient (Wildman–Crippen LogP) is 5.22. The van der Waals surface area contributed by atoms with E-state index in [1.807, 2.05) is 63.5 Å². The lowest BCUT2D eigenvalue weighted by atomic mass is 10.1. The van der Waals surface area contributed by atoms with Gasteiger partial charge in [0.15, 0.2) is 5.69 Å². The molecule has 0 aliphatic carbocycles. The summed E-state index contributed by atoms with van der Waals surface area (Å²) in [5.74, 6) is -0.00727. The molecule has 0 unspecified atom stereocenters. The number of aromatic nitrogens is 3. The number of thiazole rings is 1. The number of aryl methyl sites for hydroxylation is 1. The van der Waals surface area contributed by atoms with Gasteiger partial charge in [-0.25, -0.2) is 14.5 Å². The molecule has 0 spiro atoms. The SMILES string of the molecule is Cc1ccc2c(c1)c(C(=O)O)nn2-c1nc(-c2cccc(OCCN(C)C)c2)c(C(C)C)s1. The molecule has 7 nitrogen and oxygen atoms in total. The van der Waals surface area contributed by atoms with Gasteiger partial charge in [0, 0.05) is 22.4 Å². The zero-order chi connectivity index (χ0) is 23.7. The highest BCUT2D eigenvalue weighted by Gasteiger charge is 2.22. The Hall–Kier alpha value is -3.23. The number of carboxylic acids is 1. The predicted molar refractivity (Wildman–Crippen MR) is 132 cm³/mol. The van der Waals surface area contributed by atoms with E-state index in [1.165, 1.54) is 11.3 Å². The number of likely N-dealkylation sites (N-methyl/N-ethyl adjacent to an activating group) is 1. The topological polar surface area (TPSA) is 80.5 Å². The second kappa shape index (κ2) is 9.33. The molecule has 2 heterocycles. The number of carboxylic acid groups (broad SMARTS) is 1. The van der Waals surface area contributed by atoms with E-state index in [4.69, 9.17) is 9.72 Å². The van der Waals surface area contributed by atoms with Gasteiger partial charge in [0.25, 0.3) is 0 Å². The molecule has 1 N–H and O–H groups in total. The Morgan fingerprint density at radius 3 is 2.70 bits per heavy atom. The quantitative estimate of drug-likeness (QED) is 0.385. The molecule has 0 fully saturated rings. The third-order valence-corrected chi connectivity index (χ3v) is 6.63. The van der Waals surface area contributed by atoms with E-state index in [1.54, 1.807) is 4.68 Å². The maximum Gasteiger partial charge on any atom is 0.357 e. The summed E-state index contributed by atoms with van der Waals surface area (Å²) >= 11 is 1.54. The minimum atomic E-state index is -1.05. The fourth-order valence-corrected chi connectivity index (χ4v) is 4.68. The summed E-state index contributed by atoms with van der Waals surface area (Å²) < 4.78 is 7.57. The lowest BCUT2D eigenvalue weighted by Gasteiger charge is -2.12. The van der Waals surface area contributed by atoms with Crippen LogP contribution >= 0.6 is 11.3 Å². The van der Waals surface area contributed by atoms with Gasteiger partial charge in [-0.2, -0.15) is 5.10 Å². The first-order valence-corrected chi connectivity index (χ1v) is 11.7. The average molecular weight is 465 g/mol. The summed E-state index contributed by atoms with van der Waals surface area (Å²) in [5, 5.41) is 15.4. The molecule has 2 aromatic heterocycles. The average Bonchev–Trinajstić information content (AvgIpc) is 3.35. The number of ether oxygens (including phenoxy) is 1. The fraction of sp³-hybridized carbons (Fsp3) is 0.320. The van der Waals surface area contributed by atoms with Gasteiger partial charge in [0.2, 0.25) is 5.13 Å². The van der Waals surface area contributed by atoms with Crippen LogP contribution in [0.25, 0.3) is 27.3 Å². The van der Waals surface area contributed by atoms with Crippen LogP contribution in [0.2, 0.25) is 0 Å². The molecule has 0 radical (unpaired) electrons. The van der Waals surface area contributed by atoms with Crippen LogP contribution in [0.4, 0.5) is 0 Å². The summed E-state index contributed by atoms with van der Waals surface area (Å²) in [5.41, 5.74) is 3.59. The van der Waals surface area contributed by atoms with Crippen LogP contribution in [0, 0.1) is 6.92 Å². The van der Waals surface area contributed by atoms with Crippen molar-refractivity contribution in [1.29, 1.82) is 0 Å². The summed E-state index contributed by atoms with van der Waals surface area (Å²) in [6, 6.07) is 13.7. The molecule has 0 aliphatic heterocycles. The van der Waals surface area contributed by atoms with Crippen LogP contribution in [0.15, 0.2) is 42.5 Å². The monoisotopic (exact) mass is 464 g/mol. The lowest BCUT2D eigenvalue weighted by molar-refractivity contribution is 0.0692. The number of benzene rings is 2. The van der Waals surface area contributed by atoms with Gasteiger partial charge < -0.3 is 14.7 Å². The molecule has 0 aliphatic rings. The summed E-state index contributed by atoms with van der Waals surface area (Å²) in [6.07, 6.45) is 0. The van der Waals surface area contributed by atoms with Crippen molar-refractivity contribution in [2.24, 2.45) is 0 Å². The standard InChI is InChI=1S/C25H28N4O3S/c1-15(2)23-21(17-7-6-8-18(14-17)32-12-11-28(4)5)26-25(33-23)29-20-10-9-16(3)13-19(20)22(27-29)24(30)31/h6-10,13-15H,11-12H2,1-5H3,(H,30,31). The minimum absolute atomic E-state index is 0.0350. The zero-order valence-corrected chi connectivity index (χ0v) is 20.3. The van der Waals surface area contributed by atoms with Crippen molar-refractivity contribution in [3.63, 3.8) is 0 Å². The normalized spacial score (nSPS) is 11.6. The molecule has 0 saturated carbocycles. The van der Waals surface area contributed by atoms with Gasteiger partial charge >= 0.3 is 5.97 Å². The Bertz CT molecular complexity index is 1310. The van der Waals surface area contributed by atoms with Crippen LogP contribution in [0.3, 0.4) is 0 Å². The third kappa shape index (κ3) is 4.77. The van der Waals surface area contributed by atoms with E-state index in [0.29, 0.717) is 17.1 Å². The van der Waals surface area contributed by atoms with Gasteiger partial charge in [-0.1, -0.05) is 48.9 Å². The van der Waals surface area contributed by atoms with E-state index in [0.717, 1.165) is 39.5 Å². The van der Waals surface area contributed by atoms with Crippen molar-refractivity contribution in [3.05, 3.63) is 58.6 Å². The first kappa shape index (κ1) is 22.9.